The second-order valence-electron chi connectivity index (χ2n) is 8.87. The van der Waals surface area contributed by atoms with Gasteiger partial charge in [0.25, 0.3) is 0 Å². The van der Waals surface area contributed by atoms with Crippen molar-refractivity contribution < 1.29 is 4.79 Å². The van der Waals surface area contributed by atoms with Crippen LogP contribution in [0, 0.1) is 11.8 Å². The fourth-order valence-electron chi connectivity index (χ4n) is 5.01. The van der Waals surface area contributed by atoms with Crippen LogP contribution >= 0.6 is 0 Å². The number of hydrogen-bond donors (Lipinski definition) is 2. The van der Waals surface area contributed by atoms with Gasteiger partial charge in [0, 0.05) is 44.7 Å². The van der Waals surface area contributed by atoms with Crippen LogP contribution in [0.25, 0.3) is 0 Å². The van der Waals surface area contributed by atoms with Crippen molar-refractivity contribution in [2.45, 2.75) is 71.3 Å². The molecule has 0 aromatic rings. The molecule has 3 aliphatic rings. The van der Waals surface area contributed by atoms with Gasteiger partial charge < -0.3 is 20.4 Å². The molecular weight excluding hydrogens is 350 g/mol. The summed E-state index contributed by atoms with van der Waals surface area (Å²) in [6.07, 6.45) is 9.52. The summed E-state index contributed by atoms with van der Waals surface area (Å²) in [4.78, 5) is 22.3. The summed E-state index contributed by atoms with van der Waals surface area (Å²) in [6, 6.07) is 0.323. The summed E-state index contributed by atoms with van der Waals surface area (Å²) < 4.78 is 0. The van der Waals surface area contributed by atoms with Crippen molar-refractivity contribution in [1.82, 2.24) is 20.4 Å². The molecule has 0 spiro atoms. The second-order valence-corrected chi connectivity index (χ2v) is 8.87. The molecule has 160 valence electrons. The van der Waals surface area contributed by atoms with Gasteiger partial charge in [0.15, 0.2) is 5.96 Å². The molecule has 2 saturated heterocycles. The predicted octanol–water partition coefficient (Wildman–Crippen LogP) is 2.45. The normalized spacial score (nSPS) is 27.8. The third-order valence-corrected chi connectivity index (χ3v) is 6.70. The van der Waals surface area contributed by atoms with E-state index in [1.54, 1.807) is 0 Å². The minimum atomic E-state index is 0.280. The lowest BCUT2D eigenvalue weighted by Gasteiger charge is -2.31. The molecule has 1 amide bonds. The Balaban J connectivity index is 1.47. The van der Waals surface area contributed by atoms with E-state index in [2.05, 4.69) is 34.3 Å². The maximum absolute atomic E-state index is 12.8. The molecule has 1 saturated carbocycles. The fourth-order valence-corrected chi connectivity index (χ4v) is 5.01. The monoisotopic (exact) mass is 391 g/mol. The number of guanidine groups is 1. The van der Waals surface area contributed by atoms with Crippen molar-refractivity contribution in [2.24, 2.45) is 16.8 Å². The van der Waals surface area contributed by atoms with Crippen LogP contribution in [0.1, 0.15) is 65.2 Å². The molecule has 6 heteroatoms. The molecule has 0 radical (unpaired) electrons. The number of carbonyl (C=O) groups excluding carboxylic acids is 1. The van der Waals surface area contributed by atoms with Crippen molar-refractivity contribution in [1.29, 1.82) is 0 Å². The van der Waals surface area contributed by atoms with Crippen molar-refractivity contribution >= 4 is 11.9 Å². The fraction of sp³-hybridized carbons (Fsp3) is 0.909. The molecule has 0 aromatic carbocycles. The zero-order chi connectivity index (χ0) is 19.8. The summed E-state index contributed by atoms with van der Waals surface area (Å²) in [5, 5.41) is 7.00. The second kappa shape index (κ2) is 11.0. The van der Waals surface area contributed by atoms with Crippen LogP contribution in [0.15, 0.2) is 4.99 Å². The van der Waals surface area contributed by atoms with E-state index >= 15 is 0 Å². The van der Waals surface area contributed by atoms with E-state index in [1.165, 1.54) is 45.2 Å². The molecule has 6 nitrogen and oxygen atoms in total. The van der Waals surface area contributed by atoms with Crippen LogP contribution in [0.3, 0.4) is 0 Å². The third-order valence-electron chi connectivity index (χ3n) is 6.70. The van der Waals surface area contributed by atoms with Gasteiger partial charge in [0.05, 0.1) is 0 Å². The van der Waals surface area contributed by atoms with Crippen LogP contribution < -0.4 is 10.6 Å². The van der Waals surface area contributed by atoms with Gasteiger partial charge in [-0.3, -0.25) is 9.79 Å². The Labute approximate surface area is 171 Å². The highest BCUT2D eigenvalue weighted by Crippen LogP contribution is 2.26. The van der Waals surface area contributed by atoms with Crippen molar-refractivity contribution in [3.8, 4) is 0 Å². The molecule has 2 unspecified atom stereocenters. The Kier molecular flexibility index (Phi) is 8.44. The molecule has 3 fully saturated rings. The van der Waals surface area contributed by atoms with Crippen LogP contribution in [-0.4, -0.2) is 73.5 Å². The van der Waals surface area contributed by atoms with Gasteiger partial charge >= 0.3 is 0 Å². The zero-order valence-electron chi connectivity index (χ0n) is 18.1. The molecule has 2 atom stereocenters. The highest BCUT2D eigenvalue weighted by Gasteiger charge is 2.31. The minimum Gasteiger partial charge on any atom is -0.357 e. The van der Waals surface area contributed by atoms with Gasteiger partial charge in [-0.2, -0.15) is 0 Å². The Morgan fingerprint density at radius 1 is 1.00 bits per heavy atom. The molecule has 3 rings (SSSR count). The number of aliphatic imine (C=N–C) groups is 1. The smallest absolute Gasteiger partial charge is 0.225 e. The first kappa shape index (κ1) is 21.4. The van der Waals surface area contributed by atoms with Crippen molar-refractivity contribution in [3.05, 3.63) is 0 Å². The average Bonchev–Trinajstić information content (AvgIpc) is 3.21. The zero-order valence-corrected chi connectivity index (χ0v) is 18.1. The first-order chi connectivity index (χ1) is 13.7. The van der Waals surface area contributed by atoms with E-state index < -0.39 is 0 Å². The molecule has 2 heterocycles. The molecule has 0 aromatic heterocycles. The summed E-state index contributed by atoms with van der Waals surface area (Å²) in [5.41, 5.74) is 0. The molecule has 0 bridgehead atoms. The van der Waals surface area contributed by atoms with Crippen LogP contribution in [-0.2, 0) is 4.79 Å². The molecule has 2 aliphatic heterocycles. The molecule has 1 aliphatic carbocycles. The molecule has 2 N–H and O–H groups in total. The standard InChI is InChI=1S/C22H41N5O/c1-3-23-22(24-15-18-9-8-13-26(4-2)16-18)25-20-12-14-27(17-20)21(28)19-10-6-5-7-11-19/h18-20H,3-17H2,1-2H3,(H2,23,24,25). The quantitative estimate of drug-likeness (QED) is 0.539. The Hall–Kier alpha value is -1.30. The van der Waals surface area contributed by atoms with E-state index in [9.17, 15) is 4.79 Å². The average molecular weight is 392 g/mol. The van der Waals surface area contributed by atoms with Gasteiger partial charge in [-0.1, -0.05) is 26.2 Å². The number of carbonyl (C=O) groups is 1. The largest absolute Gasteiger partial charge is 0.357 e. The maximum Gasteiger partial charge on any atom is 0.225 e. The Morgan fingerprint density at radius 3 is 2.57 bits per heavy atom. The van der Waals surface area contributed by atoms with Crippen molar-refractivity contribution in [2.75, 3.05) is 45.8 Å². The molecular formula is C22H41N5O. The number of hydrogen-bond acceptors (Lipinski definition) is 3. The van der Waals surface area contributed by atoms with Gasteiger partial charge in [-0.15, -0.1) is 0 Å². The lowest BCUT2D eigenvalue weighted by atomic mass is 9.88. The Morgan fingerprint density at radius 2 is 1.82 bits per heavy atom. The van der Waals surface area contributed by atoms with E-state index in [0.717, 1.165) is 57.9 Å². The number of nitrogens with one attached hydrogen (secondary N) is 2. The van der Waals surface area contributed by atoms with E-state index in [0.29, 0.717) is 17.9 Å². The lowest BCUT2D eigenvalue weighted by molar-refractivity contribution is -0.135. The van der Waals surface area contributed by atoms with Crippen LogP contribution in [0.5, 0.6) is 0 Å². The van der Waals surface area contributed by atoms with Crippen LogP contribution in [0.4, 0.5) is 0 Å². The summed E-state index contributed by atoms with van der Waals surface area (Å²) in [7, 11) is 0. The third kappa shape index (κ3) is 6.10. The summed E-state index contributed by atoms with van der Waals surface area (Å²) >= 11 is 0. The lowest BCUT2D eigenvalue weighted by Crippen LogP contribution is -2.46. The first-order valence-electron chi connectivity index (χ1n) is 11.8. The topological polar surface area (TPSA) is 60.0 Å². The van der Waals surface area contributed by atoms with Gasteiger partial charge in [-0.05, 0) is 58.0 Å². The van der Waals surface area contributed by atoms with E-state index in [4.69, 9.17) is 4.99 Å². The van der Waals surface area contributed by atoms with Crippen molar-refractivity contribution in [3.63, 3.8) is 0 Å². The number of nitrogens with zero attached hydrogens (tertiary/aromatic N) is 3. The highest BCUT2D eigenvalue weighted by atomic mass is 16.2. The van der Waals surface area contributed by atoms with Gasteiger partial charge in [0.1, 0.15) is 0 Å². The van der Waals surface area contributed by atoms with Gasteiger partial charge in [-0.25, -0.2) is 0 Å². The van der Waals surface area contributed by atoms with E-state index in [1.807, 2.05) is 0 Å². The minimum absolute atomic E-state index is 0.280. The number of rotatable bonds is 6. The molecule has 28 heavy (non-hydrogen) atoms. The summed E-state index contributed by atoms with van der Waals surface area (Å²) in [5.74, 6) is 2.26. The first-order valence-corrected chi connectivity index (χ1v) is 11.8. The number of likely N-dealkylation sites (tertiary alicyclic amines) is 2. The Bertz CT molecular complexity index is 517. The predicted molar refractivity (Wildman–Crippen MR) is 116 cm³/mol. The summed E-state index contributed by atoms with van der Waals surface area (Å²) in [6.45, 7) is 11.4. The van der Waals surface area contributed by atoms with E-state index in [-0.39, 0.29) is 5.92 Å². The number of piperidine rings is 1. The SMILES string of the molecule is CCNC(=NCC1CCCN(CC)C1)NC1CCN(C(=O)C2CCCCC2)C1. The van der Waals surface area contributed by atoms with Gasteiger partial charge in [0.2, 0.25) is 5.91 Å². The number of amides is 1. The maximum atomic E-state index is 12.8. The highest BCUT2D eigenvalue weighted by molar-refractivity contribution is 5.81. The van der Waals surface area contributed by atoms with Crippen LogP contribution in [0.2, 0.25) is 0 Å².